The molecule has 1 aromatic carbocycles. The zero-order valence-corrected chi connectivity index (χ0v) is 22.6. The van der Waals surface area contributed by atoms with E-state index in [0.29, 0.717) is 29.9 Å². The average Bonchev–Trinajstić information content (AvgIpc) is 3.30. The third kappa shape index (κ3) is 3.75. The summed E-state index contributed by atoms with van der Waals surface area (Å²) >= 11 is 0. The Balaban J connectivity index is 1.30. The van der Waals surface area contributed by atoms with Gasteiger partial charge in [0.05, 0.1) is 67.0 Å². The van der Waals surface area contributed by atoms with E-state index in [2.05, 4.69) is 20.0 Å². The Kier molecular flexibility index (Phi) is 5.59. The third-order valence-electron chi connectivity index (χ3n) is 8.64. The number of amides is 2. The minimum atomic E-state index is -0.440. The van der Waals surface area contributed by atoms with Gasteiger partial charge in [0.15, 0.2) is 0 Å². The van der Waals surface area contributed by atoms with E-state index in [0.717, 1.165) is 35.1 Å². The number of hydrogen-bond donors (Lipinski definition) is 1. The van der Waals surface area contributed by atoms with E-state index < -0.39 is 5.97 Å². The first-order chi connectivity index (χ1) is 19.3. The van der Waals surface area contributed by atoms with Crippen LogP contribution < -0.4 is 5.32 Å². The molecule has 5 heterocycles. The number of methoxy groups -OCH3 is 1. The van der Waals surface area contributed by atoms with E-state index in [4.69, 9.17) is 9.47 Å². The van der Waals surface area contributed by atoms with Crippen molar-refractivity contribution in [2.45, 2.75) is 33.0 Å². The van der Waals surface area contributed by atoms with Crippen molar-refractivity contribution >= 4 is 34.2 Å². The number of rotatable bonds is 6. The maximum absolute atomic E-state index is 12.9. The van der Waals surface area contributed by atoms with Crippen molar-refractivity contribution in [3.63, 3.8) is 0 Å². The van der Waals surface area contributed by atoms with Crippen LogP contribution in [0.25, 0.3) is 27.7 Å². The molecule has 7 rings (SSSR count). The number of ether oxygens (including phenoxy) is 2. The second-order valence-corrected chi connectivity index (χ2v) is 11.4. The van der Waals surface area contributed by atoms with Gasteiger partial charge >= 0.3 is 5.97 Å². The van der Waals surface area contributed by atoms with E-state index >= 15 is 0 Å². The second kappa shape index (κ2) is 8.97. The number of nitrogens with zero attached hydrogens (tertiary/aromatic N) is 5. The molecular formula is C29H30N6O5. The normalized spacial score (nSPS) is 23.7. The van der Waals surface area contributed by atoms with Gasteiger partial charge < -0.3 is 19.4 Å². The fourth-order valence-corrected chi connectivity index (χ4v) is 6.49. The zero-order chi connectivity index (χ0) is 27.8. The van der Waals surface area contributed by atoms with Gasteiger partial charge in [0.1, 0.15) is 6.33 Å². The van der Waals surface area contributed by atoms with Crippen molar-refractivity contribution in [2.24, 2.45) is 17.3 Å². The van der Waals surface area contributed by atoms with E-state index in [1.165, 1.54) is 18.3 Å². The van der Waals surface area contributed by atoms with Crippen molar-refractivity contribution in [1.82, 2.24) is 29.4 Å². The quantitative estimate of drug-likeness (QED) is 0.291. The van der Waals surface area contributed by atoms with Gasteiger partial charge in [-0.2, -0.15) is 5.10 Å². The van der Waals surface area contributed by atoms with Crippen LogP contribution in [-0.4, -0.2) is 74.8 Å². The van der Waals surface area contributed by atoms with Gasteiger partial charge in [-0.05, 0) is 35.2 Å². The number of esters is 1. The monoisotopic (exact) mass is 542 g/mol. The van der Waals surface area contributed by atoms with Crippen LogP contribution >= 0.6 is 0 Å². The molecule has 1 N–H and O–H groups in total. The molecule has 3 atom stereocenters. The molecular weight excluding hydrogens is 512 g/mol. The summed E-state index contributed by atoms with van der Waals surface area (Å²) in [5.41, 5.74) is 3.93. The predicted octanol–water partition coefficient (Wildman–Crippen LogP) is 2.27. The Morgan fingerprint density at radius 3 is 2.73 bits per heavy atom. The summed E-state index contributed by atoms with van der Waals surface area (Å²) in [7, 11) is 1.36. The highest BCUT2D eigenvalue weighted by atomic mass is 16.5. The highest BCUT2D eigenvalue weighted by molar-refractivity contribution is 6.10. The molecule has 3 aromatic heterocycles. The predicted molar refractivity (Wildman–Crippen MR) is 144 cm³/mol. The first-order valence-electron chi connectivity index (χ1n) is 13.5. The molecule has 11 nitrogen and oxygen atoms in total. The van der Waals surface area contributed by atoms with E-state index in [-0.39, 0.29) is 41.7 Å². The van der Waals surface area contributed by atoms with Crippen molar-refractivity contribution in [3.05, 3.63) is 54.1 Å². The molecule has 40 heavy (non-hydrogen) atoms. The fraction of sp³-hybridized carbons (Fsp3) is 0.414. The molecule has 4 aromatic rings. The molecule has 2 aliphatic heterocycles. The summed E-state index contributed by atoms with van der Waals surface area (Å²) in [6.45, 7) is 7.00. The van der Waals surface area contributed by atoms with Crippen LogP contribution in [0.5, 0.6) is 0 Å². The molecule has 2 unspecified atom stereocenters. The van der Waals surface area contributed by atoms with Crippen molar-refractivity contribution < 1.29 is 23.9 Å². The summed E-state index contributed by atoms with van der Waals surface area (Å²) in [6, 6.07) is 7.49. The molecule has 11 heteroatoms. The zero-order valence-electron chi connectivity index (χ0n) is 22.6. The third-order valence-corrected chi connectivity index (χ3v) is 8.64. The van der Waals surface area contributed by atoms with Gasteiger partial charge in [0.25, 0.3) is 0 Å². The van der Waals surface area contributed by atoms with Crippen LogP contribution in [0.1, 0.15) is 29.8 Å². The number of likely N-dealkylation sites (tertiary alicyclic amines) is 1. The number of imide groups is 1. The lowest BCUT2D eigenvalue weighted by Crippen LogP contribution is -2.40. The van der Waals surface area contributed by atoms with E-state index in [1.54, 1.807) is 10.6 Å². The van der Waals surface area contributed by atoms with Crippen molar-refractivity contribution in [2.75, 3.05) is 26.8 Å². The van der Waals surface area contributed by atoms with Gasteiger partial charge in [0, 0.05) is 36.4 Å². The molecule has 1 aliphatic carbocycles. The van der Waals surface area contributed by atoms with Gasteiger partial charge in [-0.1, -0.05) is 13.8 Å². The summed E-state index contributed by atoms with van der Waals surface area (Å²) in [5.74, 6) is -1.10. The SMILES string of the molecule is COC(=O)c1cc(-c2ncnn3cc(CN4C(=O)C5C(C4=O)C5(C)C)cc23)c2c(ccn2C[C@@H]2CNCCO2)c1. The van der Waals surface area contributed by atoms with Gasteiger partial charge in [-0.25, -0.2) is 14.3 Å². The van der Waals surface area contributed by atoms with Crippen LogP contribution in [0.4, 0.5) is 0 Å². The van der Waals surface area contributed by atoms with Crippen molar-refractivity contribution in [1.29, 1.82) is 0 Å². The lowest BCUT2D eigenvalue weighted by atomic mass is 10.0. The standard InChI is InChI=1S/C29H30N6O5/c1-29(2)22-23(29)27(37)34(26(22)36)12-16-8-21-24(31-15-32-35(21)13-16)20-10-18(28(38)39-3)9-17-4-6-33(25(17)20)14-19-11-30-5-7-40-19/h4,6,8-10,13,15,19,22-23,30H,5,7,11-12,14H2,1-3H3/t19-,22?,23?/m0/s1. The lowest BCUT2D eigenvalue weighted by molar-refractivity contribution is -0.143. The summed E-state index contributed by atoms with van der Waals surface area (Å²) in [5, 5.41) is 8.64. The highest BCUT2D eigenvalue weighted by Crippen LogP contribution is 2.63. The maximum Gasteiger partial charge on any atom is 0.337 e. The number of hydrogen-bond acceptors (Lipinski definition) is 8. The molecule has 2 saturated heterocycles. The average molecular weight is 543 g/mol. The van der Waals surface area contributed by atoms with E-state index in [1.807, 2.05) is 44.4 Å². The van der Waals surface area contributed by atoms with Gasteiger partial charge in [0.2, 0.25) is 11.8 Å². The minimum absolute atomic E-state index is 0.00882. The number of benzene rings is 1. The Morgan fingerprint density at radius 1 is 1.20 bits per heavy atom. The lowest BCUT2D eigenvalue weighted by Gasteiger charge is -2.24. The molecule has 3 aliphatic rings. The van der Waals surface area contributed by atoms with Crippen LogP contribution in [-0.2, 0) is 32.2 Å². The van der Waals surface area contributed by atoms with Crippen LogP contribution in [0.15, 0.2) is 43.0 Å². The fourth-order valence-electron chi connectivity index (χ4n) is 6.49. The second-order valence-electron chi connectivity index (χ2n) is 11.4. The number of nitrogens with one attached hydrogen (secondary N) is 1. The smallest absolute Gasteiger partial charge is 0.337 e. The molecule has 0 radical (unpaired) electrons. The Hall–Kier alpha value is -4.09. The Morgan fingerprint density at radius 2 is 2.00 bits per heavy atom. The maximum atomic E-state index is 12.9. The highest BCUT2D eigenvalue weighted by Gasteiger charge is 2.72. The molecule has 1 saturated carbocycles. The van der Waals surface area contributed by atoms with Crippen LogP contribution in [0.2, 0.25) is 0 Å². The number of carbonyl (C=O) groups excluding carboxylic acids is 3. The molecule has 206 valence electrons. The van der Waals surface area contributed by atoms with Gasteiger partial charge in [-0.15, -0.1) is 0 Å². The van der Waals surface area contributed by atoms with Crippen LogP contribution in [0.3, 0.4) is 0 Å². The molecule has 3 fully saturated rings. The molecule has 0 spiro atoms. The number of carbonyl (C=O) groups is 3. The number of morpholine rings is 1. The first kappa shape index (κ1) is 24.9. The summed E-state index contributed by atoms with van der Waals surface area (Å²) in [4.78, 5) is 44.5. The van der Waals surface area contributed by atoms with Gasteiger partial charge in [-0.3, -0.25) is 14.5 Å². The summed E-state index contributed by atoms with van der Waals surface area (Å²) < 4.78 is 14.8. The number of aromatic nitrogens is 4. The minimum Gasteiger partial charge on any atom is -0.465 e. The van der Waals surface area contributed by atoms with Crippen molar-refractivity contribution in [3.8, 4) is 11.3 Å². The Bertz CT molecular complexity index is 1670. The number of fused-ring (bicyclic) bond motifs is 3. The topological polar surface area (TPSA) is 120 Å². The largest absolute Gasteiger partial charge is 0.465 e. The molecule has 2 amide bonds. The van der Waals surface area contributed by atoms with E-state index in [9.17, 15) is 14.4 Å². The molecule has 0 bridgehead atoms. The first-order valence-corrected chi connectivity index (χ1v) is 13.5. The Labute approximate surface area is 230 Å². The summed E-state index contributed by atoms with van der Waals surface area (Å²) in [6.07, 6.45) is 5.29. The van der Waals surface area contributed by atoms with Crippen LogP contribution in [0, 0.1) is 17.3 Å². The number of piperidine rings is 1.